The molecule has 1 aromatic rings. The molecule has 0 aliphatic heterocycles. The minimum Gasteiger partial charge on any atom is -0.768 e. The van der Waals surface area contributed by atoms with Gasteiger partial charge in [-0.2, -0.15) is 0 Å². The van der Waals surface area contributed by atoms with Crippen molar-refractivity contribution in [1.29, 1.82) is 0 Å². The molecule has 2 nitrogen and oxygen atoms in total. The normalized spacial score (nSPS) is 11.9. The molecule has 0 saturated heterocycles. The van der Waals surface area contributed by atoms with E-state index in [4.69, 9.17) is 0 Å². The van der Waals surface area contributed by atoms with Crippen LogP contribution >= 0.6 is 15.9 Å². The maximum Gasteiger partial charge on any atom is 1.00 e. The Balaban J connectivity index is 0.00000121. The van der Waals surface area contributed by atoms with E-state index in [0.29, 0.717) is 0 Å². The molecule has 0 aromatic heterocycles. The van der Waals surface area contributed by atoms with E-state index in [1.807, 2.05) is 0 Å². The first kappa shape index (κ1) is 12.7. The molecule has 1 atom stereocenters. The first-order valence-corrected chi connectivity index (χ1v) is 4.53. The van der Waals surface area contributed by atoms with E-state index in [-0.39, 0.29) is 38.9 Å². The third-order valence-electron chi connectivity index (χ3n) is 1.10. The average molecular weight is 261 g/mol. The summed E-state index contributed by atoms with van der Waals surface area (Å²) in [5, 5.41) is 0. The largest absolute Gasteiger partial charge is 1.00 e. The molecular weight excluding hydrogens is 258 g/mol. The zero-order chi connectivity index (χ0) is 8.43. The van der Waals surface area contributed by atoms with E-state index in [2.05, 4.69) is 15.9 Å². The maximum atomic E-state index is 12.8. The predicted octanol–water partition coefficient (Wildman–Crippen LogP) is -1.17. The predicted molar refractivity (Wildman–Crippen MR) is 41.3 cm³/mol. The van der Waals surface area contributed by atoms with E-state index in [1.54, 1.807) is 0 Å². The fraction of sp³-hybridized carbons (Fsp3) is 0. The summed E-state index contributed by atoms with van der Waals surface area (Å²) in [5.41, 5.74) is 0. The molecule has 12 heavy (non-hydrogen) atoms. The monoisotopic (exact) mass is 260 g/mol. The third-order valence-corrected chi connectivity index (χ3v) is 2.38. The molecule has 0 heterocycles. The van der Waals surface area contributed by atoms with Gasteiger partial charge in [-0.15, -0.1) is 0 Å². The summed E-state index contributed by atoms with van der Waals surface area (Å²) in [7, 11) is 0. The SMILES string of the molecule is O=S([O-])c1cccc(Br)c1F.[Na+]. The number of hydrogen-bond donors (Lipinski definition) is 0. The zero-order valence-electron chi connectivity index (χ0n) is 6.21. The molecule has 1 unspecified atom stereocenters. The molecule has 1 aromatic carbocycles. The fourth-order valence-corrected chi connectivity index (χ4v) is 1.56. The summed E-state index contributed by atoms with van der Waals surface area (Å²) in [6, 6.07) is 4.09. The molecule has 0 N–H and O–H groups in total. The molecule has 0 aliphatic rings. The Morgan fingerprint density at radius 3 is 2.50 bits per heavy atom. The van der Waals surface area contributed by atoms with Gasteiger partial charge in [0.05, 0.1) is 9.37 Å². The third kappa shape index (κ3) is 2.90. The van der Waals surface area contributed by atoms with Crippen molar-refractivity contribution < 1.29 is 42.7 Å². The van der Waals surface area contributed by atoms with Crippen LogP contribution in [0.2, 0.25) is 0 Å². The summed E-state index contributed by atoms with van der Waals surface area (Å²) in [5.74, 6) is -0.749. The molecule has 6 heteroatoms. The first-order valence-electron chi connectivity index (χ1n) is 2.66. The van der Waals surface area contributed by atoms with Gasteiger partial charge in [-0.25, -0.2) is 4.39 Å². The van der Waals surface area contributed by atoms with Gasteiger partial charge in [0, 0.05) is 0 Å². The number of rotatable bonds is 1. The summed E-state index contributed by atoms with van der Waals surface area (Å²) in [6.07, 6.45) is 0. The van der Waals surface area contributed by atoms with Crippen LogP contribution in [-0.2, 0) is 11.1 Å². The smallest absolute Gasteiger partial charge is 0.768 e. The zero-order valence-corrected chi connectivity index (χ0v) is 10.6. The molecule has 0 bridgehead atoms. The van der Waals surface area contributed by atoms with Gasteiger partial charge < -0.3 is 4.55 Å². The molecule has 0 amide bonds. The van der Waals surface area contributed by atoms with Crippen LogP contribution in [0.25, 0.3) is 0 Å². The summed E-state index contributed by atoms with van der Waals surface area (Å²) in [6.45, 7) is 0. The quantitative estimate of drug-likeness (QED) is 0.472. The average Bonchev–Trinajstić information content (AvgIpc) is 1.94. The van der Waals surface area contributed by atoms with Crippen LogP contribution in [0.4, 0.5) is 4.39 Å². The molecule has 0 fully saturated rings. The Labute approximate surface area is 102 Å². The Morgan fingerprint density at radius 2 is 2.08 bits per heavy atom. The fourth-order valence-electron chi connectivity index (χ4n) is 0.613. The van der Waals surface area contributed by atoms with Crippen LogP contribution in [-0.4, -0.2) is 8.76 Å². The summed E-state index contributed by atoms with van der Waals surface area (Å²) in [4.78, 5) is -0.320. The van der Waals surface area contributed by atoms with Crippen molar-refractivity contribution in [3.63, 3.8) is 0 Å². The van der Waals surface area contributed by atoms with Crippen molar-refractivity contribution in [3.8, 4) is 0 Å². The van der Waals surface area contributed by atoms with E-state index in [9.17, 15) is 13.2 Å². The van der Waals surface area contributed by atoms with Gasteiger partial charge in [0.25, 0.3) is 0 Å². The van der Waals surface area contributed by atoms with Gasteiger partial charge in [-0.3, -0.25) is 4.21 Å². The molecule has 1 rings (SSSR count). The number of halogens is 2. The second kappa shape index (κ2) is 5.47. The van der Waals surface area contributed by atoms with Crippen LogP contribution in [0.15, 0.2) is 27.6 Å². The van der Waals surface area contributed by atoms with Crippen molar-refractivity contribution in [2.75, 3.05) is 0 Å². The topological polar surface area (TPSA) is 40.1 Å². The molecular formula is C6H3BrFNaO2S. The van der Waals surface area contributed by atoms with E-state index >= 15 is 0 Å². The first-order chi connectivity index (χ1) is 5.13. The van der Waals surface area contributed by atoms with Crippen LogP contribution in [0.1, 0.15) is 0 Å². The summed E-state index contributed by atoms with van der Waals surface area (Å²) >= 11 is 0.360. The number of hydrogen-bond acceptors (Lipinski definition) is 2. The minimum atomic E-state index is -2.51. The van der Waals surface area contributed by atoms with Crippen molar-refractivity contribution in [2.45, 2.75) is 4.90 Å². The van der Waals surface area contributed by atoms with Gasteiger partial charge >= 0.3 is 29.6 Å². The Kier molecular flexibility index (Phi) is 5.80. The molecule has 0 aliphatic carbocycles. The van der Waals surface area contributed by atoms with Crippen molar-refractivity contribution in [3.05, 3.63) is 28.5 Å². The minimum absolute atomic E-state index is 0. The Hall–Kier alpha value is 0.740. The van der Waals surface area contributed by atoms with Crippen molar-refractivity contribution >= 4 is 27.0 Å². The Morgan fingerprint density at radius 1 is 1.50 bits per heavy atom. The van der Waals surface area contributed by atoms with Gasteiger partial charge in [0.15, 0.2) is 5.82 Å². The van der Waals surface area contributed by atoms with Crippen molar-refractivity contribution in [1.82, 2.24) is 0 Å². The van der Waals surface area contributed by atoms with Crippen molar-refractivity contribution in [2.24, 2.45) is 0 Å². The Bertz CT molecular complexity index is 308. The standard InChI is InChI=1S/C6H4BrFO2S.Na/c7-4-2-1-3-5(6(4)8)11(9)10;/h1-3H,(H,9,10);/q;+1/p-1. The van der Waals surface area contributed by atoms with Crippen LogP contribution in [0.5, 0.6) is 0 Å². The molecule has 0 saturated carbocycles. The molecule has 0 spiro atoms. The maximum absolute atomic E-state index is 12.8. The molecule has 60 valence electrons. The molecule has 0 radical (unpaired) electrons. The second-order valence-corrected chi connectivity index (χ2v) is 3.55. The van der Waals surface area contributed by atoms with E-state index in [1.165, 1.54) is 18.2 Å². The van der Waals surface area contributed by atoms with Crippen LogP contribution in [0, 0.1) is 5.82 Å². The van der Waals surface area contributed by atoms with Gasteiger partial charge in [-0.1, -0.05) is 6.07 Å². The van der Waals surface area contributed by atoms with Gasteiger partial charge in [0.1, 0.15) is 0 Å². The van der Waals surface area contributed by atoms with Gasteiger partial charge in [-0.05, 0) is 39.1 Å². The van der Waals surface area contributed by atoms with Crippen LogP contribution < -0.4 is 29.6 Å². The second-order valence-electron chi connectivity index (χ2n) is 1.79. The summed E-state index contributed by atoms with van der Waals surface area (Å²) < 4.78 is 33.6. The van der Waals surface area contributed by atoms with E-state index < -0.39 is 16.9 Å². The van der Waals surface area contributed by atoms with Gasteiger partial charge in [0.2, 0.25) is 0 Å². The number of benzene rings is 1. The van der Waals surface area contributed by atoms with Crippen LogP contribution in [0.3, 0.4) is 0 Å². The van der Waals surface area contributed by atoms with E-state index in [0.717, 1.165) is 0 Å².